The average molecular weight is 118 g/mol. The van der Waals surface area contributed by atoms with Gasteiger partial charge in [-0.3, -0.25) is 0 Å². The lowest BCUT2D eigenvalue weighted by Gasteiger charge is -2.03. The Bertz CT molecular complexity index is 79.7. The van der Waals surface area contributed by atoms with Crippen molar-refractivity contribution < 1.29 is 12.3 Å². The van der Waals surface area contributed by atoms with Crippen molar-refractivity contribution in [1.82, 2.24) is 0 Å². The van der Waals surface area contributed by atoms with Crippen LogP contribution in [0.1, 0.15) is 15.7 Å². The Balaban J connectivity index is 0.000000405. The highest BCUT2D eigenvalue weighted by Gasteiger charge is 2.33. The molecule has 2 aliphatic heterocycles. The second-order valence-electron chi connectivity index (χ2n) is 2.45. The molecule has 2 heteroatoms. The molecule has 0 N–H and O–H groups in total. The van der Waals surface area contributed by atoms with Crippen molar-refractivity contribution in [1.29, 1.82) is 0 Å². The van der Waals surface area contributed by atoms with Gasteiger partial charge in [0.25, 0.3) is 0 Å². The Morgan fingerprint density at radius 1 is 1.12 bits per heavy atom. The molecule has 2 saturated heterocycles. The molecule has 0 aromatic carbocycles. The predicted octanol–water partition coefficient (Wildman–Crippen LogP) is 1.26. The molecule has 0 unspecified atom stereocenters. The van der Waals surface area contributed by atoms with Gasteiger partial charge in [0.15, 0.2) is 6.29 Å². The summed E-state index contributed by atoms with van der Waals surface area (Å²) < 4.78 is 10.5. The van der Waals surface area contributed by atoms with Gasteiger partial charge >= 0.3 is 0 Å². The lowest BCUT2D eigenvalue weighted by atomic mass is 10.1. The first-order chi connectivity index (χ1) is 3.97. The molecule has 2 nitrogen and oxygen atoms in total. The summed E-state index contributed by atoms with van der Waals surface area (Å²) in [4.78, 5) is 0. The third-order valence-electron chi connectivity index (χ3n) is 1.93. The number of rotatable bonds is 0. The van der Waals surface area contributed by atoms with E-state index in [4.69, 9.17) is 9.47 Å². The summed E-state index contributed by atoms with van der Waals surface area (Å²) in [6.45, 7) is 1.82. The summed E-state index contributed by atoms with van der Waals surface area (Å²) >= 11 is 0. The van der Waals surface area contributed by atoms with E-state index in [2.05, 4.69) is 0 Å². The molecule has 2 aliphatic rings. The molecular formula is C6H14O2. The molecule has 2 heterocycles. The van der Waals surface area contributed by atoms with E-state index >= 15 is 0 Å². The minimum absolute atomic E-state index is 0. The fourth-order valence-electron chi connectivity index (χ4n) is 1.41. The van der Waals surface area contributed by atoms with Gasteiger partial charge in [-0.05, 0) is 12.8 Å². The molecule has 0 aromatic heterocycles. The van der Waals surface area contributed by atoms with Crippen molar-refractivity contribution in [2.75, 3.05) is 13.2 Å². The highest BCUT2D eigenvalue weighted by Crippen LogP contribution is 2.30. The van der Waals surface area contributed by atoms with E-state index in [1.807, 2.05) is 0 Å². The Morgan fingerprint density at radius 3 is 2.25 bits per heavy atom. The van der Waals surface area contributed by atoms with Crippen molar-refractivity contribution in [3.05, 3.63) is 0 Å². The minimum Gasteiger partial charge on any atom is -0.352 e. The normalized spacial score (nSPS) is 45.0. The molecule has 0 radical (unpaired) electrons. The van der Waals surface area contributed by atoms with Crippen molar-refractivity contribution in [2.24, 2.45) is 5.92 Å². The first kappa shape index (κ1) is 4.77. The van der Waals surface area contributed by atoms with Crippen molar-refractivity contribution in [3.63, 3.8) is 0 Å². The quantitative estimate of drug-likeness (QED) is 0.476. The van der Waals surface area contributed by atoms with Gasteiger partial charge in [0.2, 0.25) is 0 Å². The second kappa shape index (κ2) is 1.71. The standard InChI is InChI=1S/C6H10O2.2H2/c1-3-7-6-5(1)2-4-8-6;;/h5-6H,1-4H2;2*1H. The summed E-state index contributed by atoms with van der Waals surface area (Å²) in [7, 11) is 0. The molecule has 0 bridgehead atoms. The maximum atomic E-state index is 5.25. The molecule has 0 spiro atoms. The monoisotopic (exact) mass is 118 g/mol. The van der Waals surface area contributed by atoms with Gasteiger partial charge in [-0.1, -0.05) is 0 Å². The van der Waals surface area contributed by atoms with E-state index in [1.54, 1.807) is 0 Å². The van der Waals surface area contributed by atoms with Crippen molar-refractivity contribution in [2.45, 2.75) is 19.1 Å². The number of hydrogen-bond acceptors (Lipinski definition) is 2. The van der Waals surface area contributed by atoms with Crippen LogP contribution in [0.5, 0.6) is 0 Å². The Hall–Kier alpha value is -0.0800. The fourth-order valence-corrected chi connectivity index (χ4v) is 1.41. The number of fused-ring (bicyclic) bond motifs is 1. The van der Waals surface area contributed by atoms with Crippen LogP contribution in [-0.4, -0.2) is 19.5 Å². The third kappa shape index (κ3) is 0.565. The first-order valence-corrected chi connectivity index (χ1v) is 3.20. The molecule has 0 amide bonds. The zero-order valence-electron chi connectivity index (χ0n) is 4.80. The molecule has 0 saturated carbocycles. The van der Waals surface area contributed by atoms with Crippen LogP contribution in [-0.2, 0) is 9.47 Å². The van der Waals surface area contributed by atoms with Gasteiger partial charge in [0.1, 0.15) is 0 Å². The largest absolute Gasteiger partial charge is 0.352 e. The van der Waals surface area contributed by atoms with Gasteiger partial charge < -0.3 is 9.47 Å². The zero-order chi connectivity index (χ0) is 5.40. The number of ether oxygens (including phenoxy) is 2. The maximum absolute atomic E-state index is 5.25. The summed E-state index contributed by atoms with van der Waals surface area (Å²) in [5.74, 6) is 0.731. The molecule has 2 fully saturated rings. The van der Waals surface area contributed by atoms with Crippen LogP contribution in [0.25, 0.3) is 0 Å². The Labute approximate surface area is 51.7 Å². The molecule has 8 heavy (non-hydrogen) atoms. The van der Waals surface area contributed by atoms with E-state index in [-0.39, 0.29) is 9.14 Å². The maximum Gasteiger partial charge on any atom is 0.160 e. The summed E-state index contributed by atoms with van der Waals surface area (Å²) in [6, 6.07) is 0. The van der Waals surface area contributed by atoms with E-state index in [0.29, 0.717) is 0 Å². The van der Waals surface area contributed by atoms with Crippen LogP contribution in [0, 0.1) is 5.92 Å². The summed E-state index contributed by atoms with van der Waals surface area (Å²) in [6.07, 6.45) is 2.60. The molecule has 2 rings (SSSR count). The van der Waals surface area contributed by atoms with Gasteiger partial charge in [-0.2, -0.15) is 0 Å². The van der Waals surface area contributed by atoms with Gasteiger partial charge in [-0.15, -0.1) is 0 Å². The van der Waals surface area contributed by atoms with E-state index < -0.39 is 0 Å². The van der Waals surface area contributed by atoms with Crippen molar-refractivity contribution in [3.8, 4) is 0 Å². The van der Waals surface area contributed by atoms with Crippen LogP contribution in [0.2, 0.25) is 0 Å². The second-order valence-corrected chi connectivity index (χ2v) is 2.45. The van der Waals surface area contributed by atoms with Crippen LogP contribution in [0.4, 0.5) is 0 Å². The van der Waals surface area contributed by atoms with Crippen LogP contribution >= 0.6 is 0 Å². The zero-order valence-corrected chi connectivity index (χ0v) is 4.80. The Morgan fingerprint density at radius 2 is 1.75 bits per heavy atom. The van der Waals surface area contributed by atoms with Gasteiger partial charge in [-0.25, -0.2) is 0 Å². The smallest absolute Gasteiger partial charge is 0.160 e. The van der Waals surface area contributed by atoms with Gasteiger partial charge in [0, 0.05) is 8.77 Å². The van der Waals surface area contributed by atoms with Crippen LogP contribution in [0.15, 0.2) is 0 Å². The lowest BCUT2D eigenvalue weighted by molar-refractivity contribution is -0.0904. The summed E-state index contributed by atoms with van der Waals surface area (Å²) in [5, 5.41) is 0. The average Bonchev–Trinajstić information content (AvgIpc) is 2.15. The highest BCUT2D eigenvalue weighted by molar-refractivity contribution is 4.73. The van der Waals surface area contributed by atoms with Crippen molar-refractivity contribution >= 4 is 0 Å². The first-order valence-electron chi connectivity index (χ1n) is 3.20. The fraction of sp³-hybridized carbons (Fsp3) is 1.00. The Kier molecular flexibility index (Phi) is 1.02. The summed E-state index contributed by atoms with van der Waals surface area (Å²) in [5.41, 5.74) is 0. The predicted molar refractivity (Wildman–Crippen MR) is 32.6 cm³/mol. The number of hydrogen-bond donors (Lipinski definition) is 0. The SMILES string of the molecule is C1CC2CCOC2O1.[HH].[HH]. The van der Waals surface area contributed by atoms with Gasteiger partial charge in [0.05, 0.1) is 13.2 Å². The topological polar surface area (TPSA) is 18.5 Å². The minimum atomic E-state index is 0. The third-order valence-corrected chi connectivity index (χ3v) is 1.93. The van der Waals surface area contributed by atoms with Crippen LogP contribution in [0.3, 0.4) is 0 Å². The molecule has 0 aromatic rings. The van der Waals surface area contributed by atoms with E-state index in [1.165, 1.54) is 12.8 Å². The highest BCUT2D eigenvalue weighted by atomic mass is 16.7. The molecule has 50 valence electrons. The molecule has 0 aliphatic carbocycles. The molecule has 0 atom stereocenters. The van der Waals surface area contributed by atoms with E-state index in [9.17, 15) is 0 Å². The van der Waals surface area contributed by atoms with E-state index in [0.717, 1.165) is 19.1 Å². The molecular weight excluding hydrogens is 104 g/mol. The van der Waals surface area contributed by atoms with Crippen LogP contribution < -0.4 is 0 Å². The lowest BCUT2D eigenvalue weighted by Crippen LogP contribution is -2.08.